The number of aliphatic carboxylic acids is 2. The van der Waals surface area contributed by atoms with E-state index < -0.39 is 72.1 Å². The second kappa shape index (κ2) is 15.7. The molecule has 4 atom stereocenters. The number of para-hydroxylation sites is 1. The molecule has 1 heterocycles. The Balaban J connectivity index is 2.20. The highest BCUT2D eigenvalue weighted by Crippen LogP contribution is 2.19. The predicted octanol–water partition coefficient (Wildman–Crippen LogP) is -2.03. The third kappa shape index (κ3) is 10.5. The van der Waals surface area contributed by atoms with Gasteiger partial charge in [-0.1, -0.05) is 18.2 Å². The number of H-pyrrole nitrogens is 1. The zero-order chi connectivity index (χ0) is 31.4. The van der Waals surface area contributed by atoms with E-state index in [1.807, 2.05) is 0 Å². The molecular formula is C26H35N7O9. The standard InChI is InChI=1S/C26H35N7O9/c27-15(5-10-22(36)37)23(38)31-17(6-8-20(28)34)24(39)32-18(7-9-21(29)35)25(40)33-19(26(41)42)11-13-12-30-16-4-2-1-3-14(13)16/h1-4,12,15,17-19,30H,5-11,27H2,(H2,28,34)(H2,29,35)(H,31,38)(H,32,39)(H,33,40)(H,36,37)(H,41,42). The van der Waals surface area contributed by atoms with Crippen LogP contribution in [0.3, 0.4) is 0 Å². The molecule has 1 aromatic carbocycles. The summed E-state index contributed by atoms with van der Waals surface area (Å²) < 4.78 is 0. The van der Waals surface area contributed by atoms with E-state index >= 15 is 0 Å². The number of hydrogen-bond donors (Lipinski definition) is 9. The molecule has 5 amide bonds. The number of aromatic amines is 1. The molecular weight excluding hydrogens is 554 g/mol. The van der Waals surface area contributed by atoms with Crippen molar-refractivity contribution in [1.29, 1.82) is 0 Å². The third-order valence-electron chi connectivity index (χ3n) is 6.34. The number of benzene rings is 1. The maximum atomic E-state index is 13.2. The van der Waals surface area contributed by atoms with Gasteiger partial charge in [0.15, 0.2) is 0 Å². The molecule has 1 aromatic heterocycles. The van der Waals surface area contributed by atoms with Crippen molar-refractivity contribution in [2.24, 2.45) is 17.2 Å². The van der Waals surface area contributed by atoms with Gasteiger partial charge in [0.1, 0.15) is 18.1 Å². The molecule has 0 bridgehead atoms. The van der Waals surface area contributed by atoms with E-state index in [2.05, 4.69) is 20.9 Å². The molecule has 16 heteroatoms. The van der Waals surface area contributed by atoms with Crippen molar-refractivity contribution >= 4 is 52.4 Å². The van der Waals surface area contributed by atoms with Crippen molar-refractivity contribution in [3.63, 3.8) is 0 Å². The molecule has 0 aliphatic carbocycles. The van der Waals surface area contributed by atoms with E-state index in [0.717, 1.165) is 10.9 Å². The highest BCUT2D eigenvalue weighted by molar-refractivity contribution is 5.95. The van der Waals surface area contributed by atoms with E-state index in [-0.39, 0.29) is 38.5 Å². The van der Waals surface area contributed by atoms with E-state index in [9.17, 15) is 38.7 Å². The second-order valence-corrected chi connectivity index (χ2v) is 9.63. The molecule has 0 fully saturated rings. The topological polar surface area (TPSA) is 290 Å². The van der Waals surface area contributed by atoms with Crippen LogP contribution in [0.1, 0.15) is 44.1 Å². The average Bonchev–Trinajstić information content (AvgIpc) is 3.33. The number of amides is 5. The van der Waals surface area contributed by atoms with Crippen molar-refractivity contribution in [2.45, 2.75) is 69.1 Å². The molecule has 0 radical (unpaired) electrons. The van der Waals surface area contributed by atoms with Crippen molar-refractivity contribution in [1.82, 2.24) is 20.9 Å². The Kier molecular flexibility index (Phi) is 12.4. The van der Waals surface area contributed by atoms with E-state index in [4.69, 9.17) is 22.3 Å². The van der Waals surface area contributed by atoms with Gasteiger partial charge in [-0.2, -0.15) is 0 Å². The lowest BCUT2D eigenvalue weighted by Gasteiger charge is -2.25. The largest absolute Gasteiger partial charge is 0.481 e. The van der Waals surface area contributed by atoms with Crippen LogP contribution in [-0.4, -0.2) is 80.8 Å². The minimum Gasteiger partial charge on any atom is -0.481 e. The Morgan fingerprint density at radius 1 is 0.738 bits per heavy atom. The van der Waals surface area contributed by atoms with Crippen molar-refractivity contribution in [3.05, 3.63) is 36.0 Å². The summed E-state index contributed by atoms with van der Waals surface area (Å²) in [6.45, 7) is 0. The van der Waals surface area contributed by atoms with Crippen LogP contribution in [0.15, 0.2) is 30.5 Å². The maximum absolute atomic E-state index is 13.2. The summed E-state index contributed by atoms with van der Waals surface area (Å²) >= 11 is 0. The van der Waals surface area contributed by atoms with Crippen LogP contribution in [-0.2, 0) is 40.0 Å². The van der Waals surface area contributed by atoms with Gasteiger partial charge in [0, 0.05) is 42.8 Å². The number of carboxylic acid groups (broad SMARTS) is 2. The number of carboxylic acids is 2. The summed E-state index contributed by atoms with van der Waals surface area (Å²) in [7, 11) is 0. The van der Waals surface area contributed by atoms with Crippen molar-refractivity contribution in [3.8, 4) is 0 Å². The molecule has 4 unspecified atom stereocenters. The van der Waals surface area contributed by atoms with Crippen LogP contribution in [0, 0.1) is 0 Å². The Hall–Kier alpha value is -4.99. The Bertz CT molecular complexity index is 1330. The van der Waals surface area contributed by atoms with Crippen LogP contribution in [0.4, 0.5) is 0 Å². The van der Waals surface area contributed by atoms with Gasteiger partial charge >= 0.3 is 11.9 Å². The predicted molar refractivity (Wildman–Crippen MR) is 147 cm³/mol. The van der Waals surface area contributed by atoms with Gasteiger partial charge in [-0.3, -0.25) is 28.8 Å². The number of carbonyl (C=O) groups excluding carboxylic acids is 5. The Labute approximate surface area is 239 Å². The first-order valence-electron chi connectivity index (χ1n) is 13.0. The molecule has 0 saturated heterocycles. The zero-order valence-corrected chi connectivity index (χ0v) is 22.6. The van der Waals surface area contributed by atoms with Crippen LogP contribution in [0.25, 0.3) is 10.9 Å². The third-order valence-corrected chi connectivity index (χ3v) is 6.34. The summed E-state index contributed by atoms with van der Waals surface area (Å²) in [4.78, 5) is 87.4. The molecule has 42 heavy (non-hydrogen) atoms. The smallest absolute Gasteiger partial charge is 0.326 e. The van der Waals surface area contributed by atoms with Gasteiger partial charge in [-0.25, -0.2) is 4.79 Å². The summed E-state index contributed by atoms with van der Waals surface area (Å²) in [5.41, 5.74) is 17.5. The number of hydrogen-bond acceptors (Lipinski definition) is 8. The molecule has 0 saturated carbocycles. The number of fused-ring (bicyclic) bond motifs is 1. The molecule has 228 valence electrons. The molecule has 2 rings (SSSR count). The first kappa shape index (κ1) is 33.2. The summed E-state index contributed by atoms with van der Waals surface area (Å²) in [5, 5.41) is 26.4. The lowest BCUT2D eigenvalue weighted by molar-refractivity contribution is -0.142. The highest BCUT2D eigenvalue weighted by Gasteiger charge is 2.31. The number of primary amides is 2. The maximum Gasteiger partial charge on any atom is 0.326 e. The minimum atomic E-state index is -1.46. The number of nitrogens with one attached hydrogen (secondary N) is 4. The fourth-order valence-corrected chi connectivity index (χ4v) is 4.06. The van der Waals surface area contributed by atoms with Crippen LogP contribution in [0.5, 0.6) is 0 Å². The summed E-state index contributed by atoms with van der Waals surface area (Å²) in [6.07, 6.45) is -0.418. The zero-order valence-electron chi connectivity index (χ0n) is 22.6. The van der Waals surface area contributed by atoms with E-state index in [1.54, 1.807) is 30.5 Å². The number of carbonyl (C=O) groups is 7. The van der Waals surface area contributed by atoms with Gasteiger partial charge in [0.25, 0.3) is 0 Å². The summed E-state index contributed by atoms with van der Waals surface area (Å²) in [5.74, 6) is -6.90. The normalized spacial score (nSPS) is 13.7. The van der Waals surface area contributed by atoms with Crippen LogP contribution >= 0.6 is 0 Å². The average molecular weight is 590 g/mol. The minimum absolute atomic E-state index is 0.104. The number of aromatic nitrogens is 1. The molecule has 0 spiro atoms. The van der Waals surface area contributed by atoms with Crippen molar-refractivity contribution < 1.29 is 43.8 Å². The highest BCUT2D eigenvalue weighted by atomic mass is 16.4. The van der Waals surface area contributed by atoms with Gasteiger partial charge in [0.05, 0.1) is 6.04 Å². The first-order chi connectivity index (χ1) is 19.8. The van der Waals surface area contributed by atoms with Gasteiger partial charge < -0.3 is 48.3 Å². The van der Waals surface area contributed by atoms with Gasteiger partial charge in [-0.05, 0) is 30.9 Å². The fraction of sp³-hybridized carbons (Fsp3) is 0.423. The SMILES string of the molecule is NC(=O)CCC(NC(=O)C(N)CCC(=O)O)C(=O)NC(CCC(N)=O)C(=O)NC(Cc1c[nH]c2ccccc12)C(=O)O. The van der Waals surface area contributed by atoms with Gasteiger partial charge in [0.2, 0.25) is 29.5 Å². The quantitative estimate of drug-likeness (QED) is 0.0918. The molecule has 2 aromatic rings. The number of rotatable bonds is 18. The second-order valence-electron chi connectivity index (χ2n) is 9.63. The molecule has 12 N–H and O–H groups in total. The van der Waals surface area contributed by atoms with Crippen LogP contribution in [0.2, 0.25) is 0 Å². The Morgan fingerprint density at radius 3 is 1.79 bits per heavy atom. The first-order valence-corrected chi connectivity index (χ1v) is 13.0. The monoisotopic (exact) mass is 589 g/mol. The van der Waals surface area contributed by atoms with E-state index in [1.165, 1.54) is 0 Å². The Morgan fingerprint density at radius 2 is 1.26 bits per heavy atom. The number of nitrogens with two attached hydrogens (primary N) is 3. The lowest BCUT2D eigenvalue weighted by Crippen LogP contribution is -2.57. The van der Waals surface area contributed by atoms with Gasteiger partial charge in [-0.15, -0.1) is 0 Å². The van der Waals surface area contributed by atoms with Crippen LogP contribution < -0.4 is 33.2 Å². The summed E-state index contributed by atoms with van der Waals surface area (Å²) in [6, 6.07) is 1.57. The molecule has 0 aliphatic heterocycles. The van der Waals surface area contributed by atoms with E-state index in [0.29, 0.717) is 5.56 Å². The molecule has 0 aliphatic rings. The lowest BCUT2D eigenvalue weighted by atomic mass is 10.0. The fourth-order valence-electron chi connectivity index (χ4n) is 4.06. The molecule has 16 nitrogen and oxygen atoms in total. The van der Waals surface area contributed by atoms with Crippen molar-refractivity contribution in [2.75, 3.05) is 0 Å².